The van der Waals surface area contributed by atoms with Crippen LogP contribution in [0.4, 0.5) is 5.82 Å². The summed E-state index contributed by atoms with van der Waals surface area (Å²) in [7, 11) is 0. The van der Waals surface area contributed by atoms with Crippen molar-refractivity contribution in [2.75, 3.05) is 5.32 Å². The Morgan fingerprint density at radius 3 is 2.75 bits per heavy atom. The summed E-state index contributed by atoms with van der Waals surface area (Å²) in [6.45, 7) is 3.38. The smallest absolute Gasteiger partial charge is 0.350 e. The van der Waals surface area contributed by atoms with Crippen molar-refractivity contribution in [3.8, 4) is 22.8 Å². The van der Waals surface area contributed by atoms with E-state index in [0.29, 0.717) is 22.8 Å². The predicted molar refractivity (Wildman–Crippen MR) is 113 cm³/mol. The molecule has 4 heterocycles. The van der Waals surface area contributed by atoms with Crippen LogP contribution in [0.1, 0.15) is 11.3 Å². The first-order valence-corrected chi connectivity index (χ1v) is 9.70. The van der Waals surface area contributed by atoms with E-state index in [9.17, 15) is 9.59 Å². The number of fused-ring (bicyclic) bond motifs is 1. The number of anilines is 1. The van der Waals surface area contributed by atoms with Gasteiger partial charge in [-0.1, -0.05) is 34.1 Å². The van der Waals surface area contributed by atoms with Crippen molar-refractivity contribution in [3.05, 3.63) is 70.5 Å². The summed E-state index contributed by atoms with van der Waals surface area (Å²) in [5.74, 6) is 0.991. The van der Waals surface area contributed by atoms with Gasteiger partial charge in [-0.05, 0) is 32.0 Å². The largest absolute Gasteiger partial charge is 0.360 e. The van der Waals surface area contributed by atoms with Crippen molar-refractivity contribution >= 4 is 17.4 Å². The van der Waals surface area contributed by atoms with E-state index in [-0.39, 0.29) is 18.3 Å². The first-order chi connectivity index (χ1) is 15.5. The first-order valence-electron chi connectivity index (χ1n) is 9.70. The SMILES string of the molecule is Cc1cccc(-c2noc(-c3cccn4c(=O)n(CC(=O)Nc5cc(C)on5)nc34)n2)c1. The normalized spacial score (nSPS) is 11.2. The van der Waals surface area contributed by atoms with Gasteiger partial charge in [-0.2, -0.15) is 4.98 Å². The number of hydrogen-bond acceptors (Lipinski definition) is 8. The van der Waals surface area contributed by atoms with Gasteiger partial charge < -0.3 is 14.4 Å². The Hall–Kier alpha value is -4.54. The predicted octanol–water partition coefficient (Wildman–Crippen LogP) is 2.46. The summed E-state index contributed by atoms with van der Waals surface area (Å²) in [6, 6.07) is 12.7. The molecule has 0 aliphatic carbocycles. The van der Waals surface area contributed by atoms with Crippen LogP contribution in [0.2, 0.25) is 0 Å². The number of carbonyl (C=O) groups excluding carboxylic acids is 1. The lowest BCUT2D eigenvalue weighted by atomic mass is 10.1. The molecule has 0 bridgehead atoms. The molecule has 0 aliphatic rings. The maximum Gasteiger partial charge on any atom is 0.350 e. The molecule has 0 atom stereocenters. The van der Waals surface area contributed by atoms with Gasteiger partial charge in [-0.3, -0.25) is 4.79 Å². The van der Waals surface area contributed by atoms with Crippen LogP contribution < -0.4 is 11.0 Å². The Morgan fingerprint density at radius 2 is 1.97 bits per heavy atom. The highest BCUT2D eigenvalue weighted by Crippen LogP contribution is 2.24. The summed E-state index contributed by atoms with van der Waals surface area (Å²) in [4.78, 5) is 29.5. The van der Waals surface area contributed by atoms with Crippen molar-refractivity contribution in [1.29, 1.82) is 0 Å². The number of amides is 1. The van der Waals surface area contributed by atoms with E-state index in [1.807, 2.05) is 31.2 Å². The summed E-state index contributed by atoms with van der Waals surface area (Å²) >= 11 is 0. The molecule has 1 N–H and O–H groups in total. The lowest BCUT2D eigenvalue weighted by Gasteiger charge is -1.99. The maximum atomic E-state index is 12.8. The molecule has 32 heavy (non-hydrogen) atoms. The fraction of sp³-hybridized carbons (Fsp3) is 0.143. The van der Waals surface area contributed by atoms with Gasteiger partial charge in [-0.25, -0.2) is 13.9 Å². The van der Waals surface area contributed by atoms with E-state index < -0.39 is 11.6 Å². The minimum atomic E-state index is -0.480. The molecule has 0 spiro atoms. The average Bonchev–Trinajstić information content (AvgIpc) is 3.48. The van der Waals surface area contributed by atoms with Gasteiger partial charge in [0, 0.05) is 17.8 Å². The Balaban J connectivity index is 1.47. The van der Waals surface area contributed by atoms with Crippen LogP contribution in [0.25, 0.3) is 28.5 Å². The molecular weight excluding hydrogens is 414 g/mol. The van der Waals surface area contributed by atoms with E-state index in [4.69, 9.17) is 9.05 Å². The molecule has 1 aromatic carbocycles. The molecule has 1 amide bonds. The highest BCUT2D eigenvalue weighted by Gasteiger charge is 2.19. The zero-order chi connectivity index (χ0) is 22.2. The molecule has 5 rings (SSSR count). The van der Waals surface area contributed by atoms with Gasteiger partial charge in [0.15, 0.2) is 11.5 Å². The third-order valence-corrected chi connectivity index (χ3v) is 4.73. The zero-order valence-electron chi connectivity index (χ0n) is 17.1. The zero-order valence-corrected chi connectivity index (χ0v) is 17.1. The van der Waals surface area contributed by atoms with E-state index in [1.165, 1.54) is 4.40 Å². The molecule has 4 aromatic heterocycles. The monoisotopic (exact) mass is 431 g/mol. The van der Waals surface area contributed by atoms with Crippen LogP contribution in [0.15, 0.2) is 62.5 Å². The number of nitrogens with zero attached hydrogens (tertiary/aromatic N) is 6. The first kappa shape index (κ1) is 19.4. The van der Waals surface area contributed by atoms with Crippen LogP contribution in [-0.2, 0) is 11.3 Å². The molecule has 0 fully saturated rings. The van der Waals surface area contributed by atoms with Crippen molar-refractivity contribution in [2.45, 2.75) is 20.4 Å². The Kier molecular flexibility index (Phi) is 4.62. The van der Waals surface area contributed by atoms with Gasteiger partial charge >= 0.3 is 5.69 Å². The summed E-state index contributed by atoms with van der Waals surface area (Å²) in [6.07, 6.45) is 1.56. The van der Waals surface area contributed by atoms with Crippen molar-refractivity contribution in [3.63, 3.8) is 0 Å². The number of rotatable bonds is 5. The second-order valence-corrected chi connectivity index (χ2v) is 7.22. The van der Waals surface area contributed by atoms with Crippen LogP contribution in [-0.4, -0.2) is 35.4 Å². The topological polar surface area (TPSA) is 133 Å². The number of aryl methyl sites for hydroxylation is 2. The number of benzene rings is 1. The molecule has 5 aromatic rings. The van der Waals surface area contributed by atoms with E-state index >= 15 is 0 Å². The summed E-state index contributed by atoms with van der Waals surface area (Å²) in [5.41, 5.74) is 2.17. The number of hydrogen-bond donors (Lipinski definition) is 1. The van der Waals surface area contributed by atoms with Crippen LogP contribution in [0.5, 0.6) is 0 Å². The number of nitrogens with one attached hydrogen (secondary N) is 1. The fourth-order valence-electron chi connectivity index (χ4n) is 3.29. The fourth-order valence-corrected chi connectivity index (χ4v) is 3.29. The summed E-state index contributed by atoms with van der Waals surface area (Å²) in [5, 5.41) is 14.6. The molecule has 0 saturated heterocycles. The van der Waals surface area contributed by atoms with Crippen molar-refractivity contribution in [2.24, 2.45) is 0 Å². The highest BCUT2D eigenvalue weighted by atomic mass is 16.5. The third kappa shape index (κ3) is 3.55. The van der Waals surface area contributed by atoms with Gasteiger partial charge in [0.25, 0.3) is 5.89 Å². The van der Waals surface area contributed by atoms with E-state index in [0.717, 1.165) is 15.8 Å². The lowest BCUT2D eigenvalue weighted by Crippen LogP contribution is -2.28. The second kappa shape index (κ2) is 7.61. The average molecular weight is 431 g/mol. The minimum Gasteiger partial charge on any atom is -0.360 e. The lowest BCUT2D eigenvalue weighted by molar-refractivity contribution is -0.117. The molecule has 0 radical (unpaired) electrons. The number of carbonyl (C=O) groups is 1. The third-order valence-electron chi connectivity index (χ3n) is 4.73. The Morgan fingerprint density at radius 1 is 1.09 bits per heavy atom. The van der Waals surface area contributed by atoms with Gasteiger partial charge in [-0.15, -0.1) is 5.10 Å². The Bertz CT molecular complexity index is 1510. The Labute approximate surface area is 180 Å². The second-order valence-electron chi connectivity index (χ2n) is 7.22. The van der Waals surface area contributed by atoms with Crippen LogP contribution in [0, 0.1) is 13.8 Å². The van der Waals surface area contributed by atoms with Crippen LogP contribution >= 0.6 is 0 Å². The summed E-state index contributed by atoms with van der Waals surface area (Å²) < 4.78 is 12.7. The molecular formula is C21H17N7O4. The van der Waals surface area contributed by atoms with Crippen LogP contribution in [0.3, 0.4) is 0 Å². The minimum absolute atomic E-state index is 0.215. The number of pyridine rings is 1. The van der Waals surface area contributed by atoms with E-state index in [1.54, 1.807) is 31.3 Å². The van der Waals surface area contributed by atoms with Gasteiger partial charge in [0.05, 0.1) is 5.56 Å². The highest BCUT2D eigenvalue weighted by molar-refractivity contribution is 5.89. The number of aromatic nitrogens is 6. The van der Waals surface area contributed by atoms with Crippen molar-refractivity contribution < 1.29 is 13.8 Å². The quantitative estimate of drug-likeness (QED) is 0.449. The molecule has 0 unspecified atom stereocenters. The van der Waals surface area contributed by atoms with Crippen molar-refractivity contribution in [1.82, 2.24) is 29.5 Å². The maximum absolute atomic E-state index is 12.8. The standard InChI is InChI=1S/C21H17N7O4/c1-12-5-3-6-14(9-12)18-23-20(32-26-18)15-7-4-8-27-19(15)24-28(21(27)30)11-17(29)22-16-10-13(2)31-25-16/h3-10H,11H2,1-2H3,(H,22,25,29). The van der Waals surface area contributed by atoms with Gasteiger partial charge in [0.2, 0.25) is 11.7 Å². The van der Waals surface area contributed by atoms with E-state index in [2.05, 4.69) is 25.7 Å². The molecule has 0 aliphatic heterocycles. The molecule has 11 heteroatoms. The molecule has 0 saturated carbocycles. The van der Waals surface area contributed by atoms with Gasteiger partial charge in [0.1, 0.15) is 12.3 Å². The molecule has 11 nitrogen and oxygen atoms in total. The molecule has 160 valence electrons.